The number of carbonyl (C=O) groups is 4. The van der Waals surface area contributed by atoms with Gasteiger partial charge in [-0.1, -0.05) is 23.7 Å². The summed E-state index contributed by atoms with van der Waals surface area (Å²) >= 11 is 6.41. The number of hydrogen-bond donors (Lipinski definition) is 4. The number of rotatable bonds is 10. The number of primary amides is 1. The Bertz CT molecular complexity index is 1790. The highest BCUT2D eigenvalue weighted by Crippen LogP contribution is 2.33. The van der Waals surface area contributed by atoms with E-state index in [0.29, 0.717) is 36.5 Å². The van der Waals surface area contributed by atoms with Gasteiger partial charge in [-0.05, 0) is 106 Å². The lowest BCUT2D eigenvalue weighted by Crippen LogP contribution is -2.52. The summed E-state index contributed by atoms with van der Waals surface area (Å²) in [7, 11) is 0. The second-order valence-electron chi connectivity index (χ2n) is 13.6. The minimum Gasteiger partial charge on any atom is -0.475 e. The highest BCUT2D eigenvalue weighted by atomic mass is 35.5. The topological polar surface area (TPSA) is 209 Å². The number of benzene rings is 2. The van der Waals surface area contributed by atoms with E-state index in [9.17, 15) is 27.6 Å². The van der Waals surface area contributed by atoms with Crippen LogP contribution in [0.25, 0.3) is 11.4 Å². The molecule has 3 amide bonds. The second-order valence-corrected chi connectivity index (χ2v) is 14.0. The van der Waals surface area contributed by atoms with Gasteiger partial charge in [0.1, 0.15) is 17.1 Å². The zero-order valence-electron chi connectivity index (χ0n) is 29.7. The SMILES string of the molecule is CC(C)(C)OC(=O)NCC1CCC(C(=O)N(c2ccc(-c3nn[nH]n3)cc2)[C@@H](Cc2ccc(N3C=NC=CC3Cl)cc2)C(N)=O)CC1.O=C(O)C(F)(F)F. The van der Waals surface area contributed by atoms with Crippen molar-refractivity contribution in [3.8, 4) is 11.4 Å². The summed E-state index contributed by atoms with van der Waals surface area (Å²) < 4.78 is 37.1. The van der Waals surface area contributed by atoms with Gasteiger partial charge in [0.05, 0.1) is 6.34 Å². The molecule has 1 saturated carbocycles. The fourth-order valence-corrected chi connectivity index (χ4v) is 6.04. The summed E-state index contributed by atoms with van der Waals surface area (Å²) in [6, 6.07) is 13.7. The Balaban J connectivity index is 0.000000845. The fourth-order valence-electron chi connectivity index (χ4n) is 5.81. The number of aliphatic imine (C=N–C) groups is 1. The van der Waals surface area contributed by atoms with Crippen molar-refractivity contribution < 1.29 is 42.2 Å². The summed E-state index contributed by atoms with van der Waals surface area (Å²) in [6.45, 7) is 5.93. The van der Waals surface area contributed by atoms with Crippen molar-refractivity contribution in [1.29, 1.82) is 0 Å². The van der Waals surface area contributed by atoms with Crippen molar-refractivity contribution in [3.05, 3.63) is 66.4 Å². The van der Waals surface area contributed by atoms with Crippen LogP contribution in [0.5, 0.6) is 0 Å². The Hall–Kier alpha value is -5.52. The molecule has 0 bridgehead atoms. The van der Waals surface area contributed by atoms with Crippen LogP contribution in [-0.2, 0) is 25.5 Å². The number of halogens is 4. The lowest BCUT2D eigenvalue weighted by Gasteiger charge is -2.36. The van der Waals surface area contributed by atoms with Gasteiger partial charge in [0.2, 0.25) is 17.6 Å². The van der Waals surface area contributed by atoms with Gasteiger partial charge in [-0.3, -0.25) is 14.5 Å². The summed E-state index contributed by atoms with van der Waals surface area (Å²) in [6.07, 6.45) is 2.47. The number of aromatic nitrogens is 4. The highest BCUT2D eigenvalue weighted by Gasteiger charge is 2.38. The first-order valence-electron chi connectivity index (χ1n) is 16.9. The number of amides is 3. The quantitative estimate of drug-likeness (QED) is 0.157. The smallest absolute Gasteiger partial charge is 0.475 e. The molecular formula is C35H41ClF3N9O6. The number of carbonyl (C=O) groups excluding carboxylic acids is 3. The van der Waals surface area contributed by atoms with E-state index in [4.69, 9.17) is 32.0 Å². The van der Waals surface area contributed by atoms with Crippen LogP contribution in [0, 0.1) is 11.8 Å². The van der Waals surface area contributed by atoms with Gasteiger partial charge in [0.15, 0.2) is 0 Å². The summed E-state index contributed by atoms with van der Waals surface area (Å²) in [5, 5.41) is 24.1. The first kappa shape index (κ1) is 41.2. The summed E-state index contributed by atoms with van der Waals surface area (Å²) in [5.74, 6) is -3.24. The Morgan fingerprint density at radius 2 is 1.69 bits per heavy atom. The van der Waals surface area contributed by atoms with E-state index in [0.717, 1.165) is 24.1 Å². The van der Waals surface area contributed by atoms with Crippen LogP contribution in [0.3, 0.4) is 0 Å². The van der Waals surface area contributed by atoms with E-state index in [1.807, 2.05) is 49.9 Å². The van der Waals surface area contributed by atoms with Crippen LogP contribution in [0.2, 0.25) is 0 Å². The third-order valence-electron chi connectivity index (χ3n) is 8.45. The molecule has 19 heteroatoms. The molecule has 1 aliphatic heterocycles. The predicted octanol–water partition coefficient (Wildman–Crippen LogP) is 5.19. The van der Waals surface area contributed by atoms with Gasteiger partial charge in [0, 0.05) is 42.0 Å². The molecule has 2 aromatic carbocycles. The number of aromatic amines is 1. The molecule has 1 aliphatic carbocycles. The number of alkyl carbamates (subject to hydrolysis) is 1. The second kappa shape index (κ2) is 18.0. The molecule has 0 spiro atoms. The van der Waals surface area contributed by atoms with Gasteiger partial charge < -0.3 is 25.8 Å². The fraction of sp³-hybridized carbons (Fsp3) is 0.429. The number of ether oxygens (including phenoxy) is 1. The van der Waals surface area contributed by atoms with Crippen molar-refractivity contribution in [2.75, 3.05) is 16.3 Å². The largest absolute Gasteiger partial charge is 0.490 e. The minimum atomic E-state index is -5.08. The number of alkyl halides is 4. The molecule has 5 N–H and O–H groups in total. The molecule has 1 aromatic heterocycles. The maximum atomic E-state index is 14.3. The predicted molar refractivity (Wildman–Crippen MR) is 193 cm³/mol. The zero-order valence-corrected chi connectivity index (χ0v) is 30.4. The number of tetrazole rings is 1. The average Bonchev–Trinajstić information content (AvgIpc) is 3.66. The number of H-pyrrole nitrogens is 1. The maximum Gasteiger partial charge on any atom is 0.490 e. The molecule has 5 rings (SSSR count). The first-order valence-corrected chi connectivity index (χ1v) is 17.3. The number of nitrogens with zero attached hydrogens (tertiary/aromatic N) is 6. The number of carboxylic acid groups (broad SMARTS) is 1. The standard InChI is InChI=1S/C33H40ClN9O4.C2HF3O2/c1-33(2,3)47-32(46)37-19-22-4-8-24(9-5-22)31(45)43(26-14-10-23(11-15-26)30-38-40-41-39-30)27(29(35)44)18-21-6-12-25(13-7-21)42-20-36-17-16-28(42)34;3-2(4,5)1(6)7/h6-7,10-17,20,22,24,27-28H,4-5,8-9,18-19H2,1-3H3,(H2,35,44)(H,37,46)(H,38,39,40,41);(H,6,7)/t22?,24?,27-,28?;/m0./s1. The van der Waals surface area contributed by atoms with E-state index in [1.165, 1.54) is 4.90 Å². The number of nitrogens with two attached hydrogens (primary N) is 1. The monoisotopic (exact) mass is 775 g/mol. The van der Waals surface area contributed by atoms with Crippen LogP contribution >= 0.6 is 11.6 Å². The molecule has 2 atom stereocenters. The number of aliphatic carboxylic acids is 1. The van der Waals surface area contributed by atoms with Crippen molar-refractivity contribution in [2.45, 2.75) is 76.2 Å². The van der Waals surface area contributed by atoms with Crippen LogP contribution in [-0.4, -0.2) is 85.8 Å². The van der Waals surface area contributed by atoms with Gasteiger partial charge in [-0.2, -0.15) is 18.4 Å². The van der Waals surface area contributed by atoms with E-state index in [1.54, 1.807) is 42.9 Å². The maximum absolute atomic E-state index is 14.3. The van der Waals surface area contributed by atoms with E-state index >= 15 is 0 Å². The zero-order chi connectivity index (χ0) is 39.6. The van der Waals surface area contributed by atoms with E-state index in [-0.39, 0.29) is 29.7 Å². The van der Waals surface area contributed by atoms with Crippen molar-refractivity contribution >= 4 is 53.2 Å². The molecule has 0 radical (unpaired) electrons. The van der Waals surface area contributed by atoms with Crippen molar-refractivity contribution in [2.24, 2.45) is 22.6 Å². The first-order chi connectivity index (χ1) is 25.4. The van der Waals surface area contributed by atoms with Crippen LogP contribution < -0.4 is 20.9 Å². The molecule has 1 unspecified atom stereocenters. The third kappa shape index (κ3) is 11.7. The molecular weight excluding hydrogens is 735 g/mol. The molecule has 15 nitrogen and oxygen atoms in total. The van der Waals surface area contributed by atoms with E-state index in [2.05, 4.69) is 30.9 Å². The van der Waals surface area contributed by atoms with Crippen LogP contribution in [0.1, 0.15) is 52.0 Å². The average molecular weight is 776 g/mol. The molecule has 54 heavy (non-hydrogen) atoms. The van der Waals surface area contributed by atoms with Crippen LogP contribution in [0.15, 0.2) is 65.8 Å². The van der Waals surface area contributed by atoms with E-state index < -0.39 is 35.8 Å². The Labute approximate surface area is 313 Å². The normalized spacial score (nSPS) is 18.9. The lowest BCUT2D eigenvalue weighted by atomic mass is 9.81. The minimum absolute atomic E-state index is 0.169. The number of anilines is 2. The van der Waals surface area contributed by atoms with Gasteiger partial charge in [-0.15, -0.1) is 10.2 Å². The molecule has 2 heterocycles. The molecule has 3 aromatic rings. The van der Waals surface area contributed by atoms with Crippen molar-refractivity contribution in [1.82, 2.24) is 25.9 Å². The summed E-state index contributed by atoms with van der Waals surface area (Å²) in [4.78, 5) is 56.0. The Morgan fingerprint density at radius 3 is 2.20 bits per heavy atom. The van der Waals surface area contributed by atoms with Crippen molar-refractivity contribution in [3.63, 3.8) is 0 Å². The lowest BCUT2D eigenvalue weighted by molar-refractivity contribution is -0.192. The van der Waals surface area contributed by atoms with Gasteiger partial charge in [-0.25, -0.2) is 14.6 Å². The molecule has 290 valence electrons. The number of hydrogen-bond acceptors (Lipinski definition) is 10. The summed E-state index contributed by atoms with van der Waals surface area (Å²) in [5.41, 5.74) is 7.98. The Kier molecular flexibility index (Phi) is 13.7. The molecule has 0 saturated heterocycles. The Morgan fingerprint density at radius 1 is 1.06 bits per heavy atom. The van der Waals surface area contributed by atoms with Gasteiger partial charge >= 0.3 is 18.2 Å². The molecule has 1 fully saturated rings. The van der Waals surface area contributed by atoms with Gasteiger partial charge in [0.25, 0.3) is 0 Å². The molecule has 2 aliphatic rings. The number of carboxylic acids is 1. The third-order valence-corrected chi connectivity index (χ3v) is 8.81. The van der Waals surface area contributed by atoms with Crippen LogP contribution in [0.4, 0.5) is 29.3 Å². The highest BCUT2D eigenvalue weighted by molar-refractivity contribution is 6.24. The number of nitrogens with one attached hydrogen (secondary N) is 2.